The second kappa shape index (κ2) is 4.75. The molecule has 0 aromatic rings. The number of rotatable bonds is 5. The van der Waals surface area contributed by atoms with Crippen molar-refractivity contribution in [2.75, 3.05) is 19.0 Å². The van der Waals surface area contributed by atoms with Gasteiger partial charge in [0.2, 0.25) is 0 Å². The average Bonchev–Trinajstić information content (AvgIpc) is 2.85. The van der Waals surface area contributed by atoms with Crippen LogP contribution in [0.5, 0.6) is 0 Å². The first-order valence-corrected chi connectivity index (χ1v) is 7.40. The first-order valence-electron chi connectivity index (χ1n) is 6.28. The largest absolute Gasteiger partial charge is 0.385 e. The average molecular weight is 275 g/mol. The van der Waals surface area contributed by atoms with Crippen LogP contribution in [0.4, 0.5) is 0 Å². The van der Waals surface area contributed by atoms with Gasteiger partial charge in [-0.1, -0.05) is 29.3 Å². The molecule has 0 amide bonds. The Morgan fingerprint density at radius 1 is 1.47 bits per heavy atom. The summed E-state index contributed by atoms with van der Waals surface area (Å²) in [5.74, 6) is 2.85. The number of fused-ring (bicyclic) bond motifs is 2. The number of hydrogen-bond acceptors (Lipinski definition) is 1. The minimum absolute atomic E-state index is 0.599. The second-order valence-electron chi connectivity index (χ2n) is 5.63. The van der Waals surface area contributed by atoms with E-state index in [9.17, 15) is 0 Å². The van der Waals surface area contributed by atoms with Crippen LogP contribution in [-0.4, -0.2) is 19.0 Å². The molecule has 2 rings (SSSR count). The van der Waals surface area contributed by atoms with E-state index in [2.05, 4.69) is 22.9 Å². The van der Waals surface area contributed by atoms with Gasteiger partial charge in [-0.15, -0.1) is 0 Å². The summed E-state index contributed by atoms with van der Waals surface area (Å²) in [6.07, 6.45) is 7.17. The van der Waals surface area contributed by atoms with Gasteiger partial charge in [0.1, 0.15) is 0 Å². The first kappa shape index (κ1) is 11.9. The van der Waals surface area contributed by atoms with E-state index in [1.165, 1.54) is 37.4 Å². The quantitative estimate of drug-likeness (QED) is 0.692. The molecular weight excluding hydrogens is 252 g/mol. The summed E-state index contributed by atoms with van der Waals surface area (Å²) in [7, 11) is 1.81. The molecule has 2 saturated carbocycles. The van der Waals surface area contributed by atoms with Crippen molar-refractivity contribution >= 4 is 15.9 Å². The van der Waals surface area contributed by atoms with Gasteiger partial charge >= 0.3 is 0 Å². The third-order valence-corrected chi connectivity index (χ3v) is 6.05. The van der Waals surface area contributed by atoms with E-state index >= 15 is 0 Å². The van der Waals surface area contributed by atoms with Crippen LogP contribution in [0, 0.1) is 23.2 Å². The Hall–Kier alpha value is 0.440. The van der Waals surface area contributed by atoms with E-state index in [1.54, 1.807) is 0 Å². The molecule has 4 unspecified atom stereocenters. The van der Waals surface area contributed by atoms with Crippen LogP contribution in [0.15, 0.2) is 0 Å². The lowest BCUT2D eigenvalue weighted by Gasteiger charge is -2.41. The van der Waals surface area contributed by atoms with E-state index in [-0.39, 0.29) is 0 Å². The van der Waals surface area contributed by atoms with Crippen molar-refractivity contribution in [3.8, 4) is 0 Å². The predicted octanol–water partition coefficient (Wildman–Crippen LogP) is 3.86. The maximum Gasteiger partial charge on any atom is 0.0465 e. The third kappa shape index (κ3) is 2.00. The normalized spacial score (nSPS) is 41.0. The lowest BCUT2D eigenvalue weighted by molar-refractivity contribution is 0.0813. The molecule has 0 aliphatic heterocycles. The van der Waals surface area contributed by atoms with Crippen molar-refractivity contribution in [3.63, 3.8) is 0 Å². The van der Waals surface area contributed by atoms with Crippen LogP contribution in [0.25, 0.3) is 0 Å². The Labute approximate surface area is 102 Å². The zero-order valence-corrected chi connectivity index (χ0v) is 11.6. The molecule has 0 aromatic carbocycles. The lowest BCUT2D eigenvalue weighted by Crippen LogP contribution is -2.36. The summed E-state index contributed by atoms with van der Waals surface area (Å²) in [5.41, 5.74) is 0.599. The summed E-state index contributed by atoms with van der Waals surface area (Å²) >= 11 is 3.79. The van der Waals surface area contributed by atoms with E-state index in [0.717, 1.165) is 24.4 Å². The van der Waals surface area contributed by atoms with Gasteiger partial charge < -0.3 is 4.74 Å². The van der Waals surface area contributed by atoms with Crippen LogP contribution in [-0.2, 0) is 4.74 Å². The topological polar surface area (TPSA) is 9.23 Å². The van der Waals surface area contributed by atoms with Crippen molar-refractivity contribution < 1.29 is 4.74 Å². The minimum Gasteiger partial charge on any atom is -0.385 e. The van der Waals surface area contributed by atoms with E-state index in [0.29, 0.717) is 5.41 Å². The molecule has 2 bridgehead atoms. The molecule has 1 nitrogen and oxygen atoms in total. The lowest BCUT2D eigenvalue weighted by atomic mass is 9.66. The van der Waals surface area contributed by atoms with Crippen LogP contribution < -0.4 is 0 Å². The monoisotopic (exact) mass is 274 g/mol. The number of methoxy groups -OCH3 is 1. The maximum absolute atomic E-state index is 5.23. The Kier molecular flexibility index (Phi) is 3.77. The molecule has 0 aromatic heterocycles. The van der Waals surface area contributed by atoms with Gasteiger partial charge in [-0.05, 0) is 48.9 Å². The molecule has 0 saturated heterocycles. The van der Waals surface area contributed by atoms with Crippen LogP contribution in [0.3, 0.4) is 0 Å². The minimum atomic E-state index is 0.599. The Morgan fingerprint density at radius 2 is 2.27 bits per heavy atom. The van der Waals surface area contributed by atoms with Crippen molar-refractivity contribution in [1.29, 1.82) is 0 Å². The number of hydrogen-bond donors (Lipinski definition) is 0. The summed E-state index contributed by atoms with van der Waals surface area (Å²) in [4.78, 5) is 0. The van der Waals surface area contributed by atoms with Crippen molar-refractivity contribution in [2.45, 2.75) is 39.0 Å². The van der Waals surface area contributed by atoms with Gasteiger partial charge in [-0.3, -0.25) is 0 Å². The molecular formula is C13H23BrO. The molecule has 0 radical (unpaired) electrons. The van der Waals surface area contributed by atoms with Gasteiger partial charge in [0, 0.05) is 19.0 Å². The summed E-state index contributed by atoms with van der Waals surface area (Å²) in [6.45, 7) is 3.36. The van der Waals surface area contributed by atoms with Crippen LogP contribution in [0.1, 0.15) is 39.0 Å². The number of halogens is 1. The zero-order valence-electron chi connectivity index (χ0n) is 9.97. The third-order valence-electron chi connectivity index (χ3n) is 5.01. The molecule has 0 heterocycles. The Bertz CT molecular complexity index is 219. The Balaban J connectivity index is 2.02. The van der Waals surface area contributed by atoms with Crippen molar-refractivity contribution in [2.24, 2.45) is 23.2 Å². The van der Waals surface area contributed by atoms with E-state index in [1.807, 2.05) is 7.11 Å². The highest BCUT2D eigenvalue weighted by Crippen LogP contribution is 2.60. The molecule has 2 fully saturated rings. The number of ether oxygens (including phenoxy) is 1. The number of alkyl halides is 1. The van der Waals surface area contributed by atoms with Crippen molar-refractivity contribution in [1.82, 2.24) is 0 Å². The van der Waals surface area contributed by atoms with Gasteiger partial charge in [0.05, 0.1) is 0 Å². The maximum atomic E-state index is 5.23. The smallest absolute Gasteiger partial charge is 0.0465 e. The molecule has 0 spiro atoms. The molecule has 4 atom stereocenters. The fourth-order valence-electron chi connectivity index (χ4n) is 3.97. The second-order valence-corrected chi connectivity index (χ2v) is 6.19. The fraction of sp³-hybridized carbons (Fsp3) is 1.00. The first-order chi connectivity index (χ1) is 7.23. The predicted molar refractivity (Wildman–Crippen MR) is 67.3 cm³/mol. The van der Waals surface area contributed by atoms with Crippen molar-refractivity contribution in [3.05, 3.63) is 0 Å². The van der Waals surface area contributed by atoms with Crippen LogP contribution >= 0.6 is 15.9 Å². The molecule has 2 heteroatoms. The van der Waals surface area contributed by atoms with Gasteiger partial charge in [-0.25, -0.2) is 0 Å². The SMILES string of the molecule is COCCC(C)C1(CBr)CC2CCC1C2. The highest BCUT2D eigenvalue weighted by Gasteiger charge is 2.52. The van der Waals surface area contributed by atoms with Crippen LogP contribution in [0.2, 0.25) is 0 Å². The standard InChI is InChI=1S/C13H23BrO/c1-10(5-6-15-2)13(9-14)8-11-3-4-12(13)7-11/h10-12H,3-9H2,1-2H3. The summed E-state index contributed by atoms with van der Waals surface area (Å²) in [6, 6.07) is 0. The zero-order chi connectivity index (χ0) is 10.9. The highest BCUT2D eigenvalue weighted by molar-refractivity contribution is 9.09. The summed E-state index contributed by atoms with van der Waals surface area (Å²) < 4.78 is 5.23. The summed E-state index contributed by atoms with van der Waals surface area (Å²) in [5, 5.41) is 1.20. The van der Waals surface area contributed by atoms with Gasteiger partial charge in [0.15, 0.2) is 0 Å². The molecule has 2 aliphatic carbocycles. The van der Waals surface area contributed by atoms with Gasteiger partial charge in [-0.2, -0.15) is 0 Å². The van der Waals surface area contributed by atoms with E-state index < -0.39 is 0 Å². The molecule has 15 heavy (non-hydrogen) atoms. The van der Waals surface area contributed by atoms with Gasteiger partial charge in [0.25, 0.3) is 0 Å². The fourth-order valence-corrected chi connectivity index (χ4v) is 5.21. The van der Waals surface area contributed by atoms with E-state index in [4.69, 9.17) is 4.74 Å². The highest BCUT2D eigenvalue weighted by atomic mass is 79.9. The Morgan fingerprint density at radius 3 is 2.73 bits per heavy atom. The molecule has 88 valence electrons. The molecule has 2 aliphatic rings. The molecule has 0 N–H and O–H groups in total.